The highest BCUT2D eigenvalue weighted by molar-refractivity contribution is 5.89. The Labute approximate surface area is 147 Å². The number of aromatic nitrogens is 2. The number of benzene rings is 1. The van der Waals surface area contributed by atoms with Crippen molar-refractivity contribution in [1.29, 1.82) is 5.26 Å². The lowest BCUT2D eigenvalue weighted by Gasteiger charge is -2.22. The lowest BCUT2D eigenvalue weighted by atomic mass is 9.94. The van der Waals surface area contributed by atoms with Gasteiger partial charge in [0.05, 0.1) is 23.4 Å². The van der Waals surface area contributed by atoms with E-state index in [9.17, 15) is 18.0 Å². The summed E-state index contributed by atoms with van der Waals surface area (Å²) in [6, 6.07) is 7.47. The summed E-state index contributed by atoms with van der Waals surface area (Å²) in [4.78, 5) is 12.2. The number of nitrogens with one attached hydrogen (secondary N) is 2. The van der Waals surface area contributed by atoms with Gasteiger partial charge in [0.1, 0.15) is 6.54 Å². The van der Waals surface area contributed by atoms with E-state index in [0.29, 0.717) is 29.8 Å². The van der Waals surface area contributed by atoms with E-state index in [2.05, 4.69) is 15.7 Å². The van der Waals surface area contributed by atoms with Crippen LogP contribution in [-0.4, -0.2) is 22.0 Å². The van der Waals surface area contributed by atoms with Gasteiger partial charge >= 0.3 is 12.2 Å². The van der Waals surface area contributed by atoms with Crippen molar-refractivity contribution in [2.45, 2.75) is 38.0 Å². The summed E-state index contributed by atoms with van der Waals surface area (Å²) < 4.78 is 38.5. The molecule has 2 amide bonds. The molecule has 1 aliphatic carbocycles. The predicted octanol–water partition coefficient (Wildman–Crippen LogP) is 3.52. The molecule has 0 unspecified atom stereocenters. The molecule has 1 atom stereocenters. The molecule has 2 N–H and O–H groups in total. The zero-order valence-corrected chi connectivity index (χ0v) is 13.7. The minimum Gasteiger partial charge on any atom is -0.329 e. The van der Waals surface area contributed by atoms with Crippen LogP contribution in [0.25, 0.3) is 0 Å². The van der Waals surface area contributed by atoms with Crippen LogP contribution in [0.4, 0.5) is 23.7 Å². The fraction of sp³-hybridized carbons (Fsp3) is 0.353. The Kier molecular flexibility index (Phi) is 4.84. The van der Waals surface area contributed by atoms with Crippen molar-refractivity contribution < 1.29 is 18.0 Å². The smallest absolute Gasteiger partial charge is 0.329 e. The molecule has 26 heavy (non-hydrogen) atoms. The molecule has 1 aliphatic rings. The Bertz CT molecular complexity index is 853. The summed E-state index contributed by atoms with van der Waals surface area (Å²) in [6.07, 6.45) is -0.968. The van der Waals surface area contributed by atoms with Crippen molar-refractivity contribution in [2.24, 2.45) is 0 Å². The maximum absolute atomic E-state index is 12.6. The van der Waals surface area contributed by atoms with Crippen LogP contribution in [0.2, 0.25) is 0 Å². The molecule has 0 aliphatic heterocycles. The maximum Gasteiger partial charge on any atom is 0.408 e. The van der Waals surface area contributed by atoms with E-state index in [-0.39, 0.29) is 0 Å². The topological polar surface area (TPSA) is 82.7 Å². The molecular weight excluding hydrogens is 347 g/mol. The molecule has 2 aromatic rings. The van der Waals surface area contributed by atoms with Crippen molar-refractivity contribution in [3.8, 4) is 6.07 Å². The van der Waals surface area contributed by atoms with Crippen LogP contribution in [0.1, 0.15) is 35.7 Å². The number of carbonyl (C=O) groups excluding carboxylic acids is 1. The van der Waals surface area contributed by atoms with Gasteiger partial charge < -0.3 is 10.6 Å². The highest BCUT2D eigenvalue weighted by Crippen LogP contribution is 2.29. The van der Waals surface area contributed by atoms with Gasteiger partial charge in [-0.05, 0) is 43.0 Å². The lowest BCUT2D eigenvalue weighted by molar-refractivity contribution is -0.142. The second kappa shape index (κ2) is 7.07. The minimum absolute atomic E-state index is 0.411. The Morgan fingerprint density at radius 2 is 2.23 bits per heavy atom. The number of carbonyl (C=O) groups is 1. The maximum atomic E-state index is 12.6. The van der Waals surface area contributed by atoms with Crippen LogP contribution in [0, 0.1) is 11.3 Å². The van der Waals surface area contributed by atoms with Gasteiger partial charge in [-0.25, -0.2) is 4.79 Å². The van der Waals surface area contributed by atoms with Crippen molar-refractivity contribution in [2.75, 3.05) is 5.32 Å². The summed E-state index contributed by atoms with van der Waals surface area (Å²) in [5.74, 6) is 0. The number of nitriles is 1. The molecule has 0 saturated carbocycles. The Morgan fingerprint density at radius 1 is 1.42 bits per heavy atom. The summed E-state index contributed by atoms with van der Waals surface area (Å²) in [6.45, 7) is -1.15. The van der Waals surface area contributed by atoms with Gasteiger partial charge in [-0.1, -0.05) is 6.07 Å². The third kappa shape index (κ3) is 4.33. The number of fused-ring (bicyclic) bond motifs is 1. The van der Waals surface area contributed by atoms with Gasteiger partial charge in [-0.3, -0.25) is 4.68 Å². The van der Waals surface area contributed by atoms with E-state index in [1.165, 1.54) is 12.3 Å². The molecular formula is C17H16F3N5O. The molecule has 0 spiro atoms. The Hall–Kier alpha value is -3.02. The number of alkyl halides is 3. The predicted molar refractivity (Wildman–Crippen MR) is 87.3 cm³/mol. The van der Waals surface area contributed by atoms with Gasteiger partial charge in [0.25, 0.3) is 0 Å². The minimum atomic E-state index is -4.35. The zero-order chi connectivity index (χ0) is 18.7. The van der Waals surface area contributed by atoms with Crippen molar-refractivity contribution in [1.82, 2.24) is 15.1 Å². The Balaban J connectivity index is 1.69. The van der Waals surface area contributed by atoms with Crippen LogP contribution < -0.4 is 10.6 Å². The second-order valence-corrected chi connectivity index (χ2v) is 6.09. The van der Waals surface area contributed by atoms with Gasteiger partial charge in [0.15, 0.2) is 0 Å². The summed E-state index contributed by atoms with van der Waals surface area (Å²) in [5.41, 5.74) is 2.06. The molecule has 0 bridgehead atoms. The first kappa shape index (κ1) is 17.8. The summed E-state index contributed by atoms with van der Waals surface area (Å²) in [5, 5.41) is 18.3. The van der Waals surface area contributed by atoms with Crippen LogP contribution in [-0.2, 0) is 13.0 Å². The van der Waals surface area contributed by atoms with Gasteiger partial charge in [-0.15, -0.1) is 0 Å². The third-order valence-corrected chi connectivity index (χ3v) is 4.04. The fourth-order valence-corrected chi connectivity index (χ4v) is 2.99. The van der Waals surface area contributed by atoms with E-state index in [0.717, 1.165) is 16.7 Å². The van der Waals surface area contributed by atoms with Crippen molar-refractivity contribution in [3.05, 3.63) is 47.3 Å². The van der Waals surface area contributed by atoms with Crippen LogP contribution in [0.5, 0.6) is 0 Å². The first-order chi connectivity index (χ1) is 12.3. The van der Waals surface area contributed by atoms with Crippen LogP contribution in [0.15, 0.2) is 30.5 Å². The lowest BCUT2D eigenvalue weighted by Crippen LogP contribution is -2.34. The van der Waals surface area contributed by atoms with E-state index < -0.39 is 24.8 Å². The normalized spacial score (nSPS) is 16.5. The Morgan fingerprint density at radius 3 is 2.96 bits per heavy atom. The third-order valence-electron chi connectivity index (χ3n) is 4.04. The molecule has 1 aromatic heterocycles. The van der Waals surface area contributed by atoms with E-state index in [1.54, 1.807) is 18.2 Å². The quantitative estimate of drug-likeness (QED) is 0.875. The molecule has 6 nitrogen and oxygen atoms in total. The number of amides is 2. The summed E-state index contributed by atoms with van der Waals surface area (Å²) >= 11 is 0. The first-order valence-electron chi connectivity index (χ1n) is 8.05. The number of anilines is 1. The SMILES string of the molecule is N#Cc1cccc(NC(=O)N[C@@H]2CCCc3cn(CC(F)(F)F)nc32)c1. The van der Waals surface area contributed by atoms with Crippen molar-refractivity contribution in [3.63, 3.8) is 0 Å². The van der Waals surface area contributed by atoms with Gasteiger partial charge in [0.2, 0.25) is 0 Å². The highest BCUT2D eigenvalue weighted by Gasteiger charge is 2.31. The van der Waals surface area contributed by atoms with E-state index in [4.69, 9.17) is 5.26 Å². The molecule has 136 valence electrons. The summed E-state index contributed by atoms with van der Waals surface area (Å²) in [7, 11) is 0. The van der Waals surface area contributed by atoms with Crippen LogP contribution in [0.3, 0.4) is 0 Å². The molecule has 1 aromatic carbocycles. The number of urea groups is 1. The van der Waals surface area contributed by atoms with Gasteiger partial charge in [-0.2, -0.15) is 23.5 Å². The number of hydrogen-bond acceptors (Lipinski definition) is 3. The molecule has 0 fully saturated rings. The standard InChI is InChI=1S/C17H16F3N5O/c18-17(19,20)10-25-9-12-4-2-6-14(15(12)24-25)23-16(26)22-13-5-1-3-11(7-13)8-21/h1,3,5,7,9,14H,2,4,6,10H2,(H2,22,23,26)/t14-/m1/s1. The zero-order valence-electron chi connectivity index (χ0n) is 13.7. The largest absolute Gasteiger partial charge is 0.408 e. The average molecular weight is 363 g/mol. The average Bonchev–Trinajstić information content (AvgIpc) is 2.96. The second-order valence-electron chi connectivity index (χ2n) is 6.09. The number of aryl methyl sites for hydroxylation is 1. The van der Waals surface area contributed by atoms with E-state index >= 15 is 0 Å². The number of halogens is 3. The number of nitrogens with zero attached hydrogens (tertiary/aromatic N) is 3. The fourth-order valence-electron chi connectivity index (χ4n) is 2.99. The molecule has 9 heteroatoms. The molecule has 0 radical (unpaired) electrons. The monoisotopic (exact) mass is 363 g/mol. The van der Waals surface area contributed by atoms with Gasteiger partial charge in [0, 0.05) is 11.9 Å². The van der Waals surface area contributed by atoms with Crippen molar-refractivity contribution >= 4 is 11.7 Å². The first-order valence-corrected chi connectivity index (χ1v) is 8.05. The molecule has 3 rings (SSSR count). The molecule has 1 heterocycles. The van der Waals surface area contributed by atoms with E-state index in [1.807, 2.05) is 6.07 Å². The highest BCUT2D eigenvalue weighted by atomic mass is 19.4. The number of hydrogen-bond donors (Lipinski definition) is 2. The number of rotatable bonds is 3. The van der Waals surface area contributed by atoms with Crippen LogP contribution >= 0.6 is 0 Å². The molecule has 0 saturated heterocycles.